The molecular weight excluding hydrogens is 385 g/mol. The highest BCUT2D eigenvalue weighted by Crippen LogP contribution is 2.45. The summed E-state index contributed by atoms with van der Waals surface area (Å²) in [5.41, 5.74) is -0.406. The minimum absolute atomic E-state index is 0.0965. The molecule has 1 aliphatic heterocycles. The summed E-state index contributed by atoms with van der Waals surface area (Å²) in [6.07, 6.45) is 3.97. The topological polar surface area (TPSA) is 72.9 Å². The Hall–Kier alpha value is -1.83. The maximum atomic E-state index is 13.5. The van der Waals surface area contributed by atoms with Crippen LogP contribution in [-0.4, -0.2) is 50.5 Å². The first-order chi connectivity index (χ1) is 12.9. The molecule has 0 aromatic heterocycles. The average molecular weight is 414 g/mol. The molecule has 6 nitrogen and oxygen atoms in total. The highest BCUT2D eigenvalue weighted by Gasteiger charge is 2.48. The summed E-state index contributed by atoms with van der Waals surface area (Å²) >= 11 is 0. The van der Waals surface area contributed by atoms with Crippen molar-refractivity contribution in [3.8, 4) is 5.75 Å². The van der Waals surface area contributed by atoms with Gasteiger partial charge in [-0.2, -0.15) is 0 Å². The SMILES string of the molecule is CC(C)(C)OC(=O)N1CC2(CCC(Oc3ccc(F)cc3S(C)(=O)=O)CC2)C1. The number of likely N-dealkylation sites (tertiary alicyclic amines) is 1. The third-order valence-electron chi connectivity index (χ3n) is 5.30. The zero-order valence-corrected chi connectivity index (χ0v) is 17.6. The van der Waals surface area contributed by atoms with Gasteiger partial charge in [-0.3, -0.25) is 0 Å². The molecule has 0 radical (unpaired) electrons. The van der Waals surface area contributed by atoms with Crippen LogP contribution in [0.5, 0.6) is 5.75 Å². The highest BCUT2D eigenvalue weighted by atomic mass is 32.2. The van der Waals surface area contributed by atoms with Gasteiger partial charge in [0.2, 0.25) is 0 Å². The number of hydrogen-bond acceptors (Lipinski definition) is 5. The van der Waals surface area contributed by atoms with Gasteiger partial charge in [-0.15, -0.1) is 0 Å². The average Bonchev–Trinajstić information content (AvgIpc) is 2.52. The number of halogens is 1. The third kappa shape index (κ3) is 4.77. The van der Waals surface area contributed by atoms with Crippen molar-refractivity contribution in [2.24, 2.45) is 5.41 Å². The van der Waals surface area contributed by atoms with Crippen molar-refractivity contribution in [1.29, 1.82) is 0 Å². The molecule has 1 amide bonds. The Balaban J connectivity index is 1.56. The molecule has 1 heterocycles. The third-order valence-corrected chi connectivity index (χ3v) is 6.41. The summed E-state index contributed by atoms with van der Waals surface area (Å²) in [4.78, 5) is 13.7. The Bertz CT molecular complexity index is 846. The van der Waals surface area contributed by atoms with Crippen molar-refractivity contribution in [3.05, 3.63) is 24.0 Å². The van der Waals surface area contributed by atoms with Gasteiger partial charge in [0.25, 0.3) is 0 Å². The summed E-state index contributed by atoms with van der Waals surface area (Å²) in [6.45, 7) is 6.91. The van der Waals surface area contributed by atoms with Crippen molar-refractivity contribution in [3.63, 3.8) is 0 Å². The lowest BCUT2D eigenvalue weighted by atomic mass is 9.68. The van der Waals surface area contributed by atoms with Gasteiger partial charge in [0.05, 0.1) is 6.10 Å². The van der Waals surface area contributed by atoms with E-state index in [4.69, 9.17) is 9.47 Å². The molecule has 1 saturated carbocycles. The molecule has 3 rings (SSSR count). The van der Waals surface area contributed by atoms with Crippen LogP contribution in [0, 0.1) is 11.2 Å². The molecule has 1 saturated heterocycles. The van der Waals surface area contributed by atoms with Gasteiger partial charge in [0.1, 0.15) is 22.1 Å². The van der Waals surface area contributed by atoms with E-state index in [0.717, 1.165) is 38.0 Å². The number of hydrogen-bond donors (Lipinski definition) is 0. The zero-order chi connectivity index (χ0) is 20.7. The molecule has 0 N–H and O–H groups in total. The largest absolute Gasteiger partial charge is 0.489 e. The summed E-state index contributed by atoms with van der Waals surface area (Å²) < 4.78 is 48.6. The number of ether oxygens (including phenoxy) is 2. The number of amides is 1. The fraction of sp³-hybridized carbons (Fsp3) is 0.650. The molecule has 1 aliphatic carbocycles. The lowest BCUT2D eigenvalue weighted by Gasteiger charge is -2.53. The summed E-state index contributed by atoms with van der Waals surface area (Å²) in [6, 6.07) is 3.59. The molecule has 2 aliphatic rings. The van der Waals surface area contributed by atoms with Crippen LogP contribution in [0.25, 0.3) is 0 Å². The predicted molar refractivity (Wildman–Crippen MR) is 103 cm³/mol. The van der Waals surface area contributed by atoms with E-state index < -0.39 is 21.3 Å². The number of sulfone groups is 1. The number of carbonyl (C=O) groups excluding carboxylic acids is 1. The monoisotopic (exact) mass is 413 g/mol. The number of benzene rings is 1. The molecular formula is C20H28FNO5S. The van der Waals surface area contributed by atoms with E-state index in [2.05, 4.69) is 0 Å². The van der Waals surface area contributed by atoms with Crippen LogP contribution in [-0.2, 0) is 14.6 Å². The highest BCUT2D eigenvalue weighted by molar-refractivity contribution is 7.90. The zero-order valence-electron chi connectivity index (χ0n) is 16.8. The second-order valence-corrected chi connectivity index (χ2v) is 11.0. The Morgan fingerprint density at radius 3 is 2.36 bits per heavy atom. The summed E-state index contributed by atoms with van der Waals surface area (Å²) in [5, 5.41) is 0. The van der Waals surface area contributed by atoms with E-state index in [0.29, 0.717) is 13.1 Å². The van der Waals surface area contributed by atoms with E-state index in [-0.39, 0.29) is 28.3 Å². The van der Waals surface area contributed by atoms with Gasteiger partial charge in [-0.1, -0.05) is 0 Å². The van der Waals surface area contributed by atoms with Crippen LogP contribution >= 0.6 is 0 Å². The fourth-order valence-corrected chi connectivity index (χ4v) is 4.71. The van der Waals surface area contributed by atoms with E-state index in [1.807, 2.05) is 20.8 Å². The van der Waals surface area contributed by atoms with Gasteiger partial charge in [-0.25, -0.2) is 17.6 Å². The van der Waals surface area contributed by atoms with Gasteiger partial charge in [-0.05, 0) is 64.7 Å². The van der Waals surface area contributed by atoms with E-state index >= 15 is 0 Å². The smallest absolute Gasteiger partial charge is 0.410 e. The first-order valence-corrected chi connectivity index (χ1v) is 11.4. The second-order valence-electron chi connectivity index (χ2n) is 9.02. The van der Waals surface area contributed by atoms with Crippen LogP contribution in [0.2, 0.25) is 0 Å². The van der Waals surface area contributed by atoms with E-state index in [1.54, 1.807) is 4.90 Å². The van der Waals surface area contributed by atoms with Crippen molar-refractivity contribution >= 4 is 15.9 Å². The molecule has 1 aromatic carbocycles. The van der Waals surface area contributed by atoms with Crippen LogP contribution in [0.15, 0.2) is 23.1 Å². The quantitative estimate of drug-likeness (QED) is 0.754. The van der Waals surface area contributed by atoms with Crippen LogP contribution in [0.4, 0.5) is 9.18 Å². The predicted octanol–water partition coefficient (Wildman–Crippen LogP) is 3.79. The first kappa shape index (κ1) is 20.9. The van der Waals surface area contributed by atoms with Crippen molar-refractivity contribution in [2.45, 2.75) is 63.1 Å². The Morgan fingerprint density at radius 2 is 1.82 bits per heavy atom. The Kier molecular flexibility index (Phi) is 5.38. The summed E-state index contributed by atoms with van der Waals surface area (Å²) in [5.74, 6) is -0.402. The van der Waals surface area contributed by atoms with Crippen molar-refractivity contribution in [2.75, 3.05) is 19.3 Å². The summed E-state index contributed by atoms with van der Waals surface area (Å²) in [7, 11) is -3.58. The van der Waals surface area contributed by atoms with E-state index in [9.17, 15) is 17.6 Å². The normalized spacial score (nSPS) is 20.0. The maximum Gasteiger partial charge on any atom is 0.410 e. The standard InChI is InChI=1S/C20H28FNO5S/c1-19(2,3)27-18(23)22-12-20(13-22)9-7-15(8-10-20)26-16-6-5-14(21)11-17(16)28(4,24)25/h5-6,11,15H,7-10,12-13H2,1-4H3. The molecule has 156 valence electrons. The molecule has 0 atom stereocenters. The molecule has 0 unspecified atom stereocenters. The lowest BCUT2D eigenvalue weighted by Crippen LogP contribution is -2.60. The van der Waals surface area contributed by atoms with Gasteiger partial charge in [0, 0.05) is 24.8 Å². The van der Waals surface area contributed by atoms with Gasteiger partial charge < -0.3 is 14.4 Å². The van der Waals surface area contributed by atoms with Crippen LogP contribution in [0.1, 0.15) is 46.5 Å². The maximum absolute atomic E-state index is 13.5. The number of carbonyl (C=O) groups is 1. The van der Waals surface area contributed by atoms with E-state index in [1.165, 1.54) is 12.1 Å². The minimum atomic E-state index is -3.58. The van der Waals surface area contributed by atoms with Gasteiger partial charge in [0.15, 0.2) is 9.84 Å². The Morgan fingerprint density at radius 1 is 1.21 bits per heavy atom. The minimum Gasteiger partial charge on any atom is -0.489 e. The number of rotatable bonds is 3. The lowest BCUT2D eigenvalue weighted by molar-refractivity contribution is -0.0609. The number of nitrogens with zero attached hydrogens (tertiary/aromatic N) is 1. The Labute approximate surface area is 165 Å². The molecule has 1 spiro atoms. The van der Waals surface area contributed by atoms with Crippen LogP contribution < -0.4 is 4.74 Å². The van der Waals surface area contributed by atoms with Crippen LogP contribution in [0.3, 0.4) is 0 Å². The van der Waals surface area contributed by atoms with Crippen molar-refractivity contribution in [1.82, 2.24) is 4.90 Å². The molecule has 1 aromatic rings. The molecule has 2 fully saturated rings. The molecule has 0 bridgehead atoms. The fourth-order valence-electron chi connectivity index (χ4n) is 3.91. The first-order valence-electron chi connectivity index (χ1n) is 9.51. The molecule has 8 heteroatoms. The van der Waals surface area contributed by atoms with Gasteiger partial charge >= 0.3 is 6.09 Å². The molecule has 28 heavy (non-hydrogen) atoms. The second kappa shape index (κ2) is 7.21. The van der Waals surface area contributed by atoms with Crippen molar-refractivity contribution < 1.29 is 27.1 Å².